The van der Waals surface area contributed by atoms with Crippen molar-refractivity contribution in [2.75, 3.05) is 31.6 Å². The first-order valence-electron chi connectivity index (χ1n) is 13.1. The van der Waals surface area contributed by atoms with Gasteiger partial charge >= 0.3 is 6.18 Å². The summed E-state index contributed by atoms with van der Waals surface area (Å²) in [5.41, 5.74) is 0.679. The molecule has 0 spiro atoms. The van der Waals surface area contributed by atoms with E-state index in [1.54, 1.807) is 29.9 Å². The molecule has 1 aliphatic carbocycles. The number of rotatable bonds is 5. The first kappa shape index (κ1) is 25.7. The number of likely N-dealkylation sites (tertiary alicyclic amines) is 1. The van der Waals surface area contributed by atoms with Crippen LogP contribution in [0.5, 0.6) is 0 Å². The lowest BCUT2D eigenvalue weighted by Crippen LogP contribution is -2.56. The number of fused-ring (bicyclic) bond motifs is 2. The molecule has 0 amide bonds. The minimum Gasteiger partial charge on any atom is -0.381 e. The molecule has 3 aromatic rings. The lowest BCUT2D eigenvalue weighted by Gasteiger charge is -2.45. The summed E-state index contributed by atoms with van der Waals surface area (Å²) in [6, 6.07) is 6.22. The summed E-state index contributed by atoms with van der Waals surface area (Å²) in [5, 5.41) is 15.5. The van der Waals surface area contributed by atoms with Gasteiger partial charge in [-0.2, -0.15) is 18.3 Å². The Labute approximate surface area is 222 Å². The van der Waals surface area contributed by atoms with Gasteiger partial charge in [0.05, 0.1) is 26.9 Å². The van der Waals surface area contributed by atoms with E-state index in [-0.39, 0.29) is 23.5 Å². The van der Waals surface area contributed by atoms with Gasteiger partial charge in [0.25, 0.3) is 0 Å². The monoisotopic (exact) mass is 520 g/mol. The number of hydrogen-bond donors (Lipinski definition) is 1. The second-order valence-electron chi connectivity index (χ2n) is 11.1. The largest absolute Gasteiger partial charge is 0.420 e. The Bertz CT molecular complexity index is 1310. The van der Waals surface area contributed by atoms with Gasteiger partial charge in [0.15, 0.2) is 5.82 Å². The molecule has 4 radical (unpaired) electrons. The van der Waals surface area contributed by atoms with Crippen LogP contribution >= 0.6 is 0 Å². The molecule has 3 aliphatic rings. The van der Waals surface area contributed by atoms with Crippen molar-refractivity contribution >= 4 is 32.4 Å². The number of nitrogens with zero attached hydrogens (tertiary/aromatic N) is 5. The Morgan fingerprint density at radius 1 is 1.03 bits per heavy atom. The van der Waals surface area contributed by atoms with E-state index in [0.717, 1.165) is 55.7 Å². The average Bonchev–Trinajstić information content (AvgIpc) is 3.56. The topological polar surface area (TPSA) is 68.1 Å². The van der Waals surface area contributed by atoms with Crippen LogP contribution in [0.25, 0.3) is 22.2 Å². The van der Waals surface area contributed by atoms with Crippen molar-refractivity contribution in [2.45, 2.75) is 43.2 Å². The first-order valence-corrected chi connectivity index (χ1v) is 13.1. The maximum atomic E-state index is 14.1. The number of hydrogen-bond acceptors (Lipinski definition) is 6. The van der Waals surface area contributed by atoms with E-state index in [2.05, 4.69) is 25.5 Å². The third kappa shape index (κ3) is 4.81. The summed E-state index contributed by atoms with van der Waals surface area (Å²) in [4.78, 5) is 2.17. The van der Waals surface area contributed by atoms with Gasteiger partial charge in [-0.15, -0.1) is 10.2 Å². The first-order chi connectivity index (χ1) is 18.1. The normalized spacial score (nSPS) is 25.2. The van der Waals surface area contributed by atoms with Crippen molar-refractivity contribution in [3.63, 3.8) is 0 Å². The fourth-order valence-electron chi connectivity index (χ4n) is 6.51. The molecule has 7 nitrogen and oxygen atoms in total. The van der Waals surface area contributed by atoms with E-state index in [9.17, 15) is 13.2 Å². The second kappa shape index (κ2) is 9.55. The van der Waals surface area contributed by atoms with Crippen molar-refractivity contribution in [2.24, 2.45) is 24.8 Å². The van der Waals surface area contributed by atoms with Crippen molar-refractivity contribution in [1.82, 2.24) is 24.9 Å². The molecule has 12 heteroatoms. The molecule has 1 saturated carbocycles. The summed E-state index contributed by atoms with van der Waals surface area (Å²) in [6.07, 6.45) is 0.405. The lowest BCUT2D eigenvalue weighted by atomic mass is 9.52. The molecule has 1 N–H and O–H groups in total. The standard InChI is InChI=1S/C26H29B2F3N6O/c1-36-12-18-8-15(2-3-22(18)35-36)23-11-21(26(29,30)31)24(34-33-23)32-20-9-16-13-37(14-17(16)10-20)25(27,28)19-4-6-38-7-5-19/h2-3,8,11-12,16-17,19-20H,4-7,9-10,13-14H2,1H3,(H,32,34)/t16-,17+,20?. The summed E-state index contributed by atoms with van der Waals surface area (Å²) in [7, 11) is 15.0. The molecule has 2 aliphatic heterocycles. The van der Waals surface area contributed by atoms with Gasteiger partial charge in [-0.3, -0.25) is 4.68 Å². The van der Waals surface area contributed by atoms with E-state index >= 15 is 0 Å². The lowest BCUT2D eigenvalue weighted by molar-refractivity contribution is -0.137. The highest BCUT2D eigenvalue weighted by Gasteiger charge is 2.47. The number of halogens is 3. The molecular weight excluding hydrogens is 491 g/mol. The molecule has 1 aromatic carbocycles. The highest BCUT2D eigenvalue weighted by Crippen LogP contribution is 2.44. The predicted octanol–water partition coefficient (Wildman–Crippen LogP) is 3.59. The van der Waals surface area contributed by atoms with Crippen molar-refractivity contribution in [1.29, 1.82) is 0 Å². The Hall–Kier alpha value is -2.59. The van der Waals surface area contributed by atoms with Gasteiger partial charge in [-0.05, 0) is 61.6 Å². The highest BCUT2D eigenvalue weighted by atomic mass is 19.4. The zero-order valence-corrected chi connectivity index (χ0v) is 21.3. The number of ether oxygens (including phenoxy) is 1. The van der Waals surface area contributed by atoms with Crippen molar-refractivity contribution < 1.29 is 17.9 Å². The second-order valence-corrected chi connectivity index (χ2v) is 11.1. The van der Waals surface area contributed by atoms with Crippen LogP contribution in [-0.4, -0.2) is 78.3 Å². The molecule has 4 heterocycles. The Morgan fingerprint density at radius 2 is 1.74 bits per heavy atom. The molecule has 6 rings (SSSR count). The molecule has 2 saturated heterocycles. The Kier molecular flexibility index (Phi) is 6.45. The van der Waals surface area contributed by atoms with Crippen molar-refractivity contribution in [3.8, 4) is 11.3 Å². The molecular formula is C26H29B2F3N6O. The average molecular weight is 520 g/mol. The highest BCUT2D eigenvalue weighted by molar-refractivity contribution is 6.40. The van der Waals surface area contributed by atoms with E-state index in [0.29, 0.717) is 30.6 Å². The number of benzene rings is 1. The zero-order chi connectivity index (χ0) is 26.7. The van der Waals surface area contributed by atoms with Gasteiger partial charge < -0.3 is 15.0 Å². The quantitative estimate of drug-likeness (QED) is 0.519. The van der Waals surface area contributed by atoms with Gasteiger partial charge in [-0.25, -0.2) is 0 Å². The summed E-state index contributed by atoms with van der Waals surface area (Å²) in [6.45, 7) is 2.85. The predicted molar refractivity (Wildman–Crippen MR) is 140 cm³/mol. The van der Waals surface area contributed by atoms with Gasteiger partial charge in [0.2, 0.25) is 0 Å². The number of aryl methyl sites for hydroxylation is 1. The van der Waals surface area contributed by atoms with Crippen LogP contribution in [0, 0.1) is 17.8 Å². The van der Waals surface area contributed by atoms with Crippen LogP contribution in [0.3, 0.4) is 0 Å². The minimum atomic E-state index is -4.57. The minimum absolute atomic E-state index is 0.117. The van der Waals surface area contributed by atoms with Crippen LogP contribution < -0.4 is 5.32 Å². The van der Waals surface area contributed by atoms with E-state index in [1.807, 2.05) is 6.20 Å². The zero-order valence-electron chi connectivity index (χ0n) is 21.3. The molecule has 0 bridgehead atoms. The third-order valence-corrected chi connectivity index (χ3v) is 8.53. The SMILES string of the molecule is [B]C([B])(C1CCOCC1)N1C[C@H]2CC(Nc3nnc(-c4ccc5nn(C)cc5c4)cc3C(F)(F)F)C[C@H]2C1. The Balaban J connectivity index is 1.16. The van der Waals surface area contributed by atoms with E-state index < -0.39 is 17.1 Å². The van der Waals surface area contributed by atoms with E-state index in [4.69, 9.17) is 20.4 Å². The van der Waals surface area contributed by atoms with Gasteiger partial charge in [0, 0.05) is 56.5 Å². The summed E-state index contributed by atoms with van der Waals surface area (Å²) < 4.78 is 49.4. The maximum Gasteiger partial charge on any atom is 0.420 e. The molecule has 3 fully saturated rings. The third-order valence-electron chi connectivity index (χ3n) is 8.53. The number of aromatic nitrogens is 4. The molecule has 38 heavy (non-hydrogen) atoms. The van der Waals surface area contributed by atoms with E-state index in [1.165, 1.54) is 0 Å². The van der Waals surface area contributed by atoms with Crippen LogP contribution in [-0.2, 0) is 18.0 Å². The summed E-state index contributed by atoms with van der Waals surface area (Å²) >= 11 is 0. The van der Waals surface area contributed by atoms with Gasteiger partial charge in [0.1, 0.15) is 5.56 Å². The number of anilines is 1. The fraction of sp³-hybridized carbons (Fsp3) is 0.577. The molecule has 3 atom stereocenters. The number of nitrogens with one attached hydrogen (secondary N) is 1. The van der Waals surface area contributed by atoms with Crippen LogP contribution in [0.4, 0.5) is 19.0 Å². The summed E-state index contributed by atoms with van der Waals surface area (Å²) in [5.74, 6) is 0.601. The van der Waals surface area contributed by atoms with Crippen LogP contribution in [0.15, 0.2) is 30.5 Å². The Morgan fingerprint density at radius 3 is 2.42 bits per heavy atom. The smallest absolute Gasteiger partial charge is 0.381 e. The molecule has 196 valence electrons. The fourth-order valence-corrected chi connectivity index (χ4v) is 6.51. The molecule has 2 aromatic heterocycles. The number of alkyl halides is 3. The van der Waals surface area contributed by atoms with Crippen LogP contribution in [0.2, 0.25) is 0 Å². The maximum absolute atomic E-state index is 14.1. The van der Waals surface area contributed by atoms with Crippen molar-refractivity contribution in [3.05, 3.63) is 36.0 Å². The van der Waals surface area contributed by atoms with Gasteiger partial charge in [-0.1, -0.05) is 11.4 Å². The molecule has 1 unspecified atom stereocenters. The van der Waals surface area contributed by atoms with Crippen LogP contribution in [0.1, 0.15) is 31.2 Å².